The molecular weight excluding hydrogens is 320 g/mol. The van der Waals surface area contributed by atoms with Crippen molar-refractivity contribution in [3.05, 3.63) is 36.0 Å². The predicted octanol–water partition coefficient (Wildman–Crippen LogP) is 1.21. The molecule has 7 heteroatoms. The number of nitrogens with zero attached hydrogens (tertiary/aromatic N) is 3. The molecule has 2 N–H and O–H groups in total. The lowest BCUT2D eigenvalue weighted by Crippen LogP contribution is -2.45. The number of ether oxygens (including phenoxy) is 1. The van der Waals surface area contributed by atoms with Crippen molar-refractivity contribution in [2.45, 2.75) is 12.8 Å². The molecule has 0 radical (unpaired) electrons. The van der Waals surface area contributed by atoms with E-state index in [1.165, 1.54) is 6.20 Å². The highest BCUT2D eigenvalue weighted by atomic mass is 16.5. The maximum Gasteiger partial charge on any atom is 0.260 e. The van der Waals surface area contributed by atoms with E-state index in [4.69, 9.17) is 15.7 Å². The van der Waals surface area contributed by atoms with Crippen LogP contribution in [0.15, 0.2) is 30.5 Å². The number of benzene rings is 1. The molecule has 2 amide bonds. The van der Waals surface area contributed by atoms with E-state index in [1.54, 1.807) is 23.1 Å². The Morgan fingerprint density at radius 2 is 2.28 bits per heavy atom. The van der Waals surface area contributed by atoms with Crippen LogP contribution in [0.25, 0.3) is 10.9 Å². The number of hydrogen-bond donors (Lipinski definition) is 1. The van der Waals surface area contributed by atoms with E-state index < -0.39 is 0 Å². The van der Waals surface area contributed by atoms with Gasteiger partial charge in [0.15, 0.2) is 6.61 Å². The van der Waals surface area contributed by atoms with Gasteiger partial charge in [-0.15, -0.1) is 0 Å². The van der Waals surface area contributed by atoms with E-state index >= 15 is 0 Å². The molecular formula is C18H18N4O3. The summed E-state index contributed by atoms with van der Waals surface area (Å²) in [5.41, 5.74) is 6.42. The van der Waals surface area contributed by atoms with Gasteiger partial charge in [-0.1, -0.05) is 12.1 Å². The first kappa shape index (κ1) is 16.7. The molecule has 7 nitrogen and oxygen atoms in total. The molecule has 3 rings (SSSR count). The minimum atomic E-state index is -0.370. The molecule has 1 saturated heterocycles. The number of carbonyl (C=O) groups is 2. The molecule has 0 bridgehead atoms. The molecule has 0 aliphatic carbocycles. The first-order chi connectivity index (χ1) is 12.1. The normalized spacial score (nSPS) is 17.1. The van der Waals surface area contributed by atoms with Gasteiger partial charge in [-0.2, -0.15) is 5.26 Å². The summed E-state index contributed by atoms with van der Waals surface area (Å²) >= 11 is 0. The number of rotatable bonds is 4. The van der Waals surface area contributed by atoms with Gasteiger partial charge in [0.2, 0.25) is 5.91 Å². The van der Waals surface area contributed by atoms with Gasteiger partial charge in [0.1, 0.15) is 11.8 Å². The van der Waals surface area contributed by atoms with E-state index in [-0.39, 0.29) is 24.3 Å². The van der Waals surface area contributed by atoms with Crippen LogP contribution in [0.4, 0.5) is 0 Å². The van der Waals surface area contributed by atoms with E-state index in [1.807, 2.05) is 6.07 Å². The maximum atomic E-state index is 12.3. The fraction of sp³-hybridized carbons (Fsp3) is 0.333. The number of primary amides is 1. The second-order valence-corrected chi connectivity index (χ2v) is 6.03. The number of fused-ring (bicyclic) bond motifs is 1. The molecule has 25 heavy (non-hydrogen) atoms. The van der Waals surface area contributed by atoms with Gasteiger partial charge in [-0.25, -0.2) is 0 Å². The van der Waals surface area contributed by atoms with Crippen molar-refractivity contribution in [2.24, 2.45) is 11.7 Å². The second kappa shape index (κ2) is 7.18. The number of para-hydroxylation sites is 1. The van der Waals surface area contributed by atoms with Crippen LogP contribution in [-0.4, -0.2) is 41.4 Å². The lowest BCUT2D eigenvalue weighted by Gasteiger charge is -2.31. The molecule has 128 valence electrons. The minimum absolute atomic E-state index is 0.128. The summed E-state index contributed by atoms with van der Waals surface area (Å²) in [6.07, 6.45) is 2.97. The van der Waals surface area contributed by atoms with Crippen molar-refractivity contribution < 1.29 is 14.3 Å². The molecule has 1 aliphatic heterocycles. The standard InChI is InChI=1S/C18H18N4O3/c19-8-13-4-1-3-12-7-15(9-21-17(12)13)25-11-16(23)22-6-2-5-14(10-22)18(20)24/h1,3-4,7,9,14H,2,5-6,10-11H2,(H2,20,24). The number of pyridine rings is 1. The summed E-state index contributed by atoms with van der Waals surface area (Å²) in [5, 5.41) is 9.86. The quantitative estimate of drug-likeness (QED) is 0.901. The number of aromatic nitrogens is 1. The highest BCUT2D eigenvalue weighted by Gasteiger charge is 2.27. The van der Waals surface area contributed by atoms with Gasteiger partial charge in [0.25, 0.3) is 5.91 Å². The van der Waals surface area contributed by atoms with Crippen LogP contribution in [0.5, 0.6) is 5.75 Å². The zero-order valence-electron chi connectivity index (χ0n) is 13.6. The first-order valence-corrected chi connectivity index (χ1v) is 8.07. The largest absolute Gasteiger partial charge is 0.482 e. The Kier molecular flexibility index (Phi) is 4.80. The lowest BCUT2D eigenvalue weighted by atomic mass is 9.97. The lowest BCUT2D eigenvalue weighted by molar-refractivity contribution is -0.136. The predicted molar refractivity (Wildman–Crippen MR) is 90.5 cm³/mol. The Labute approximate surface area is 145 Å². The number of amides is 2. The molecule has 2 aromatic rings. The molecule has 1 aliphatic rings. The van der Waals surface area contributed by atoms with Crippen LogP contribution in [0.2, 0.25) is 0 Å². The second-order valence-electron chi connectivity index (χ2n) is 6.03. The fourth-order valence-corrected chi connectivity index (χ4v) is 2.98. The molecule has 0 spiro atoms. The Bertz CT molecular complexity index is 859. The van der Waals surface area contributed by atoms with Crippen LogP contribution < -0.4 is 10.5 Å². The number of carbonyl (C=O) groups excluding carboxylic acids is 2. The Hall–Kier alpha value is -3.14. The monoisotopic (exact) mass is 338 g/mol. The molecule has 1 aromatic carbocycles. The molecule has 1 atom stereocenters. The third-order valence-corrected chi connectivity index (χ3v) is 4.35. The number of hydrogen-bond acceptors (Lipinski definition) is 5. The Balaban J connectivity index is 1.65. The Morgan fingerprint density at radius 1 is 1.44 bits per heavy atom. The summed E-state index contributed by atoms with van der Waals surface area (Å²) < 4.78 is 5.55. The van der Waals surface area contributed by atoms with Crippen molar-refractivity contribution >= 4 is 22.7 Å². The highest BCUT2D eigenvalue weighted by molar-refractivity contribution is 5.85. The van der Waals surface area contributed by atoms with Gasteiger partial charge in [-0.05, 0) is 25.0 Å². The van der Waals surface area contributed by atoms with E-state index in [9.17, 15) is 9.59 Å². The topological polar surface area (TPSA) is 109 Å². The van der Waals surface area contributed by atoms with Gasteiger partial charge in [0, 0.05) is 18.5 Å². The van der Waals surface area contributed by atoms with Crippen molar-refractivity contribution in [1.29, 1.82) is 5.26 Å². The van der Waals surface area contributed by atoms with Crippen LogP contribution in [-0.2, 0) is 9.59 Å². The summed E-state index contributed by atoms with van der Waals surface area (Å²) in [6, 6.07) is 9.15. The average molecular weight is 338 g/mol. The Morgan fingerprint density at radius 3 is 3.04 bits per heavy atom. The highest BCUT2D eigenvalue weighted by Crippen LogP contribution is 2.21. The van der Waals surface area contributed by atoms with Crippen LogP contribution >= 0.6 is 0 Å². The van der Waals surface area contributed by atoms with Crippen LogP contribution in [0.3, 0.4) is 0 Å². The zero-order chi connectivity index (χ0) is 17.8. The minimum Gasteiger partial charge on any atom is -0.482 e. The van der Waals surface area contributed by atoms with Crippen LogP contribution in [0, 0.1) is 17.2 Å². The number of piperidine rings is 1. The van der Waals surface area contributed by atoms with Crippen molar-refractivity contribution in [1.82, 2.24) is 9.88 Å². The maximum absolute atomic E-state index is 12.3. The van der Waals surface area contributed by atoms with E-state index in [0.717, 1.165) is 18.2 Å². The summed E-state index contributed by atoms with van der Waals surface area (Å²) in [4.78, 5) is 29.4. The van der Waals surface area contributed by atoms with Gasteiger partial charge >= 0.3 is 0 Å². The smallest absolute Gasteiger partial charge is 0.260 e. The van der Waals surface area contributed by atoms with Gasteiger partial charge in [0.05, 0.1) is 23.2 Å². The molecule has 2 heterocycles. The fourth-order valence-electron chi connectivity index (χ4n) is 2.98. The van der Waals surface area contributed by atoms with E-state index in [2.05, 4.69) is 11.1 Å². The number of likely N-dealkylation sites (tertiary alicyclic amines) is 1. The summed E-state index contributed by atoms with van der Waals surface area (Å²) in [5.74, 6) is -0.383. The van der Waals surface area contributed by atoms with Gasteiger partial charge in [-0.3, -0.25) is 14.6 Å². The number of nitrogens with two attached hydrogens (primary N) is 1. The molecule has 1 unspecified atom stereocenters. The van der Waals surface area contributed by atoms with Crippen molar-refractivity contribution in [3.8, 4) is 11.8 Å². The van der Waals surface area contributed by atoms with Crippen molar-refractivity contribution in [3.63, 3.8) is 0 Å². The summed E-state index contributed by atoms with van der Waals surface area (Å²) in [6.45, 7) is 0.823. The zero-order valence-corrected chi connectivity index (χ0v) is 13.6. The third-order valence-electron chi connectivity index (χ3n) is 4.35. The molecule has 0 saturated carbocycles. The van der Waals surface area contributed by atoms with Gasteiger partial charge < -0.3 is 15.4 Å². The molecule has 1 aromatic heterocycles. The molecule has 1 fully saturated rings. The SMILES string of the molecule is N#Cc1cccc2cc(OCC(=O)N3CCCC(C(N)=O)C3)cnc12. The summed E-state index contributed by atoms with van der Waals surface area (Å²) in [7, 11) is 0. The average Bonchev–Trinajstić information content (AvgIpc) is 2.65. The number of nitriles is 1. The van der Waals surface area contributed by atoms with Crippen LogP contribution in [0.1, 0.15) is 18.4 Å². The first-order valence-electron chi connectivity index (χ1n) is 8.07. The van der Waals surface area contributed by atoms with Crippen molar-refractivity contribution in [2.75, 3.05) is 19.7 Å². The van der Waals surface area contributed by atoms with E-state index in [0.29, 0.717) is 29.9 Å². The third kappa shape index (κ3) is 3.69.